The molecule has 3 heteroatoms. The van der Waals surface area contributed by atoms with Gasteiger partial charge in [0.05, 0.1) is 0 Å². The summed E-state index contributed by atoms with van der Waals surface area (Å²) in [5.41, 5.74) is 4.06. The zero-order valence-corrected chi connectivity index (χ0v) is 14.9. The van der Waals surface area contributed by atoms with Gasteiger partial charge in [0.2, 0.25) is 0 Å². The molecule has 0 radical (unpaired) electrons. The molecule has 0 aliphatic carbocycles. The van der Waals surface area contributed by atoms with Gasteiger partial charge in [-0.15, -0.1) is 0 Å². The second kappa shape index (κ2) is 8.86. The fourth-order valence-corrected chi connectivity index (χ4v) is 2.62. The van der Waals surface area contributed by atoms with Gasteiger partial charge in [-0.2, -0.15) is 0 Å². The van der Waals surface area contributed by atoms with E-state index >= 15 is 0 Å². The van der Waals surface area contributed by atoms with Crippen molar-refractivity contribution in [3.05, 3.63) is 101 Å². The van der Waals surface area contributed by atoms with E-state index in [1.807, 2.05) is 66.7 Å². The van der Waals surface area contributed by atoms with Gasteiger partial charge in [-0.25, -0.2) is 0 Å². The summed E-state index contributed by atoms with van der Waals surface area (Å²) >= 11 is 0. The van der Waals surface area contributed by atoms with Crippen molar-refractivity contribution in [2.75, 3.05) is 0 Å². The summed E-state index contributed by atoms with van der Waals surface area (Å²) in [7, 11) is 0. The molecule has 3 aromatic rings. The molecule has 0 aromatic heterocycles. The van der Waals surface area contributed by atoms with Gasteiger partial charge in [-0.05, 0) is 47.4 Å². The standard InChI is InChI=1S/C23H23NO2/c1-2-18-10-14-22(15-11-18)26-17-20-8-12-21(13-9-20)23(25)24-16-19-6-4-3-5-7-19/h3-15H,2,16-17H2,1H3,(H,24,25). The predicted molar refractivity (Wildman–Crippen MR) is 104 cm³/mol. The molecule has 0 saturated heterocycles. The maximum absolute atomic E-state index is 12.2. The number of ether oxygens (including phenoxy) is 1. The number of carbonyl (C=O) groups is 1. The highest BCUT2D eigenvalue weighted by atomic mass is 16.5. The highest BCUT2D eigenvalue weighted by Crippen LogP contribution is 2.15. The number of aryl methyl sites for hydroxylation is 1. The molecule has 1 amide bonds. The van der Waals surface area contributed by atoms with E-state index in [1.54, 1.807) is 0 Å². The van der Waals surface area contributed by atoms with Gasteiger partial charge in [-0.1, -0.05) is 61.5 Å². The predicted octanol–water partition coefficient (Wildman–Crippen LogP) is 4.76. The molecule has 0 fully saturated rings. The van der Waals surface area contributed by atoms with Crippen molar-refractivity contribution in [3.8, 4) is 5.75 Å². The minimum absolute atomic E-state index is 0.0727. The van der Waals surface area contributed by atoms with Crippen LogP contribution in [0, 0.1) is 0 Å². The molecule has 0 atom stereocenters. The summed E-state index contributed by atoms with van der Waals surface area (Å²) < 4.78 is 5.80. The third-order valence-corrected chi connectivity index (χ3v) is 4.25. The molecule has 0 spiro atoms. The molecule has 26 heavy (non-hydrogen) atoms. The third-order valence-electron chi connectivity index (χ3n) is 4.25. The second-order valence-electron chi connectivity index (χ2n) is 6.15. The van der Waals surface area contributed by atoms with Crippen LogP contribution in [-0.4, -0.2) is 5.91 Å². The molecule has 1 N–H and O–H groups in total. The van der Waals surface area contributed by atoms with Crippen LogP contribution in [0.4, 0.5) is 0 Å². The number of rotatable bonds is 7. The fraction of sp³-hybridized carbons (Fsp3) is 0.174. The van der Waals surface area contributed by atoms with Gasteiger partial charge in [0.1, 0.15) is 12.4 Å². The fourth-order valence-electron chi connectivity index (χ4n) is 2.62. The van der Waals surface area contributed by atoms with Crippen molar-refractivity contribution in [1.29, 1.82) is 0 Å². The summed E-state index contributed by atoms with van der Waals surface area (Å²) in [4.78, 5) is 12.2. The quantitative estimate of drug-likeness (QED) is 0.670. The van der Waals surface area contributed by atoms with Gasteiger partial charge in [0.25, 0.3) is 5.91 Å². The minimum atomic E-state index is -0.0727. The number of benzene rings is 3. The van der Waals surface area contributed by atoms with Crippen molar-refractivity contribution in [1.82, 2.24) is 5.32 Å². The van der Waals surface area contributed by atoms with Crippen LogP contribution < -0.4 is 10.1 Å². The van der Waals surface area contributed by atoms with Crippen LogP contribution >= 0.6 is 0 Å². The Morgan fingerprint density at radius 2 is 1.46 bits per heavy atom. The van der Waals surface area contributed by atoms with Crippen LogP contribution in [0.1, 0.15) is 34.0 Å². The molecule has 0 bridgehead atoms. The summed E-state index contributed by atoms with van der Waals surface area (Å²) in [5, 5.41) is 2.93. The highest BCUT2D eigenvalue weighted by Gasteiger charge is 2.05. The summed E-state index contributed by atoms with van der Waals surface area (Å²) in [6.45, 7) is 3.14. The Morgan fingerprint density at radius 3 is 2.12 bits per heavy atom. The molecular formula is C23H23NO2. The van der Waals surface area contributed by atoms with Crippen LogP contribution in [0.3, 0.4) is 0 Å². The van der Waals surface area contributed by atoms with E-state index in [2.05, 4.69) is 24.4 Å². The first-order valence-electron chi connectivity index (χ1n) is 8.87. The molecule has 0 unspecified atom stereocenters. The Bertz CT molecular complexity index is 824. The lowest BCUT2D eigenvalue weighted by Gasteiger charge is -2.08. The van der Waals surface area contributed by atoms with Gasteiger partial charge in [0, 0.05) is 12.1 Å². The summed E-state index contributed by atoms with van der Waals surface area (Å²) in [6.07, 6.45) is 1.02. The minimum Gasteiger partial charge on any atom is -0.489 e. The Balaban J connectivity index is 1.51. The van der Waals surface area contributed by atoms with Gasteiger partial charge in [0.15, 0.2) is 0 Å². The Morgan fingerprint density at radius 1 is 0.808 bits per heavy atom. The molecule has 0 heterocycles. The largest absolute Gasteiger partial charge is 0.489 e. The first-order chi connectivity index (χ1) is 12.7. The van der Waals surface area contributed by atoms with Crippen LogP contribution in [0.5, 0.6) is 5.75 Å². The number of hydrogen-bond donors (Lipinski definition) is 1. The van der Waals surface area contributed by atoms with Crippen LogP contribution in [0.25, 0.3) is 0 Å². The maximum atomic E-state index is 12.2. The maximum Gasteiger partial charge on any atom is 0.251 e. The number of hydrogen-bond acceptors (Lipinski definition) is 2. The molecule has 0 saturated carbocycles. The van der Waals surface area contributed by atoms with Crippen LogP contribution in [0.2, 0.25) is 0 Å². The third kappa shape index (κ3) is 4.96. The van der Waals surface area contributed by atoms with Crippen molar-refractivity contribution in [2.45, 2.75) is 26.5 Å². The van der Waals surface area contributed by atoms with E-state index in [9.17, 15) is 4.79 Å². The average Bonchev–Trinajstić information content (AvgIpc) is 2.72. The van der Waals surface area contributed by atoms with Gasteiger partial charge < -0.3 is 10.1 Å². The molecule has 3 nitrogen and oxygen atoms in total. The Labute approximate surface area is 154 Å². The number of carbonyl (C=O) groups excluding carboxylic acids is 1. The van der Waals surface area contributed by atoms with Gasteiger partial charge in [-0.3, -0.25) is 4.79 Å². The summed E-state index contributed by atoms with van der Waals surface area (Å²) in [5.74, 6) is 0.781. The lowest BCUT2D eigenvalue weighted by atomic mass is 10.1. The van der Waals surface area contributed by atoms with Crippen molar-refractivity contribution in [2.24, 2.45) is 0 Å². The Hall–Kier alpha value is -3.07. The van der Waals surface area contributed by atoms with Crippen molar-refractivity contribution in [3.63, 3.8) is 0 Å². The van der Waals surface area contributed by atoms with Gasteiger partial charge >= 0.3 is 0 Å². The first-order valence-corrected chi connectivity index (χ1v) is 8.87. The monoisotopic (exact) mass is 345 g/mol. The van der Waals surface area contributed by atoms with E-state index in [0.29, 0.717) is 18.7 Å². The molecule has 3 aromatic carbocycles. The zero-order chi connectivity index (χ0) is 18.2. The number of amides is 1. The van der Waals surface area contributed by atoms with Crippen LogP contribution in [-0.2, 0) is 19.6 Å². The smallest absolute Gasteiger partial charge is 0.251 e. The normalized spacial score (nSPS) is 10.3. The lowest BCUT2D eigenvalue weighted by Crippen LogP contribution is -2.22. The SMILES string of the molecule is CCc1ccc(OCc2ccc(C(=O)NCc3ccccc3)cc2)cc1. The van der Waals surface area contributed by atoms with E-state index in [4.69, 9.17) is 4.74 Å². The molecule has 132 valence electrons. The van der Waals surface area contributed by atoms with Crippen molar-refractivity contribution < 1.29 is 9.53 Å². The van der Waals surface area contributed by atoms with E-state index in [0.717, 1.165) is 23.3 Å². The molecule has 0 aliphatic heterocycles. The number of nitrogens with one attached hydrogen (secondary N) is 1. The highest BCUT2D eigenvalue weighted by molar-refractivity contribution is 5.94. The molecule has 3 rings (SSSR count). The van der Waals surface area contributed by atoms with Crippen LogP contribution in [0.15, 0.2) is 78.9 Å². The van der Waals surface area contributed by atoms with E-state index < -0.39 is 0 Å². The zero-order valence-electron chi connectivity index (χ0n) is 14.9. The molecular weight excluding hydrogens is 322 g/mol. The van der Waals surface area contributed by atoms with E-state index in [1.165, 1.54) is 5.56 Å². The lowest BCUT2D eigenvalue weighted by molar-refractivity contribution is 0.0951. The average molecular weight is 345 g/mol. The topological polar surface area (TPSA) is 38.3 Å². The van der Waals surface area contributed by atoms with Crippen molar-refractivity contribution >= 4 is 5.91 Å². The summed E-state index contributed by atoms with van der Waals surface area (Å²) in [6, 6.07) is 25.5. The first kappa shape index (κ1) is 17.7. The van der Waals surface area contributed by atoms with E-state index in [-0.39, 0.29) is 5.91 Å². The second-order valence-corrected chi connectivity index (χ2v) is 6.15. The Kier molecular flexibility index (Phi) is 6.05. The molecule has 0 aliphatic rings.